The molecule has 2 aliphatic carbocycles. The molecule has 0 saturated heterocycles. The SMILES string of the molecule is C=CN1/C(=C(\C)C2CC2)C(=O)C(C(=O)NCC(=O)O)=C(O)C12CCCCC2. The number of amides is 1. The van der Waals surface area contributed by atoms with Gasteiger partial charge in [0, 0.05) is 0 Å². The number of carboxylic acid groups (broad SMARTS) is 1. The normalized spacial score (nSPS) is 24.0. The van der Waals surface area contributed by atoms with Gasteiger partial charge >= 0.3 is 5.97 Å². The summed E-state index contributed by atoms with van der Waals surface area (Å²) in [5, 5.41) is 22.1. The van der Waals surface area contributed by atoms with Crippen LogP contribution < -0.4 is 5.32 Å². The number of ketones is 1. The number of nitrogens with one attached hydrogen (secondary N) is 1. The topological polar surface area (TPSA) is 107 Å². The highest BCUT2D eigenvalue weighted by molar-refractivity contribution is 6.27. The number of aliphatic hydroxyl groups is 1. The van der Waals surface area contributed by atoms with Crippen molar-refractivity contribution in [1.29, 1.82) is 0 Å². The minimum atomic E-state index is -1.21. The van der Waals surface area contributed by atoms with E-state index in [0.717, 1.165) is 37.7 Å². The molecular formula is C20H26N2O5. The predicted octanol–water partition coefficient (Wildman–Crippen LogP) is 2.41. The van der Waals surface area contributed by atoms with Crippen LogP contribution in [0.15, 0.2) is 35.4 Å². The third-order valence-electron chi connectivity index (χ3n) is 5.88. The van der Waals surface area contributed by atoms with Crippen molar-refractivity contribution < 1.29 is 24.6 Å². The van der Waals surface area contributed by atoms with Crippen molar-refractivity contribution in [2.24, 2.45) is 5.92 Å². The highest BCUT2D eigenvalue weighted by Crippen LogP contribution is 2.48. The van der Waals surface area contributed by atoms with Crippen molar-refractivity contribution >= 4 is 17.7 Å². The van der Waals surface area contributed by atoms with Gasteiger partial charge in [-0.15, -0.1) is 0 Å². The second-order valence-electron chi connectivity index (χ2n) is 7.58. The van der Waals surface area contributed by atoms with E-state index in [1.165, 1.54) is 0 Å². The van der Waals surface area contributed by atoms with Crippen molar-refractivity contribution in [2.45, 2.75) is 57.4 Å². The number of rotatable bonds is 5. The third kappa shape index (κ3) is 3.26. The van der Waals surface area contributed by atoms with Crippen LogP contribution in [0.1, 0.15) is 51.9 Å². The second-order valence-corrected chi connectivity index (χ2v) is 7.58. The Hall–Kier alpha value is -2.57. The van der Waals surface area contributed by atoms with E-state index in [1.54, 1.807) is 11.1 Å². The number of aliphatic carboxylic acids is 1. The summed E-state index contributed by atoms with van der Waals surface area (Å²) < 4.78 is 0. The molecule has 2 fully saturated rings. The molecule has 0 unspecified atom stereocenters. The van der Waals surface area contributed by atoms with Crippen LogP contribution in [0, 0.1) is 5.92 Å². The van der Waals surface area contributed by atoms with Gasteiger partial charge in [-0.3, -0.25) is 14.4 Å². The summed E-state index contributed by atoms with van der Waals surface area (Å²) in [7, 11) is 0. The summed E-state index contributed by atoms with van der Waals surface area (Å²) in [5.74, 6) is -2.57. The second kappa shape index (κ2) is 7.21. The summed E-state index contributed by atoms with van der Waals surface area (Å²) in [5.41, 5.74) is 0.120. The molecule has 0 aromatic carbocycles. The lowest BCUT2D eigenvalue weighted by Gasteiger charge is -2.49. The Morgan fingerprint density at radius 3 is 2.44 bits per heavy atom. The molecule has 7 heteroatoms. The number of allylic oxidation sites excluding steroid dienone is 2. The largest absolute Gasteiger partial charge is 0.509 e. The number of carboxylic acids is 1. The molecular weight excluding hydrogens is 348 g/mol. The molecule has 7 nitrogen and oxygen atoms in total. The molecule has 146 valence electrons. The summed E-state index contributed by atoms with van der Waals surface area (Å²) in [4.78, 5) is 38.4. The average Bonchev–Trinajstić information content (AvgIpc) is 3.48. The maximum atomic E-state index is 13.2. The number of carbonyl (C=O) groups excluding carboxylic acids is 2. The third-order valence-corrected chi connectivity index (χ3v) is 5.88. The molecule has 3 aliphatic rings. The maximum absolute atomic E-state index is 13.2. The molecule has 0 atom stereocenters. The molecule has 1 spiro atoms. The standard InChI is InChI=1S/C20H26N2O5/c1-3-22-16(12(2)13-7-8-13)17(25)15(19(27)21-11-14(23)24)18(26)20(22)9-5-4-6-10-20/h3,13,26H,1,4-11H2,2H3,(H,21,27)(H,23,24)/b16-12+. The quantitative estimate of drug-likeness (QED) is 0.504. The van der Waals surface area contributed by atoms with Gasteiger partial charge in [-0.1, -0.05) is 25.8 Å². The summed E-state index contributed by atoms with van der Waals surface area (Å²) in [6, 6.07) is 0. The minimum Gasteiger partial charge on any atom is -0.509 e. The molecule has 3 N–H and O–H groups in total. The van der Waals surface area contributed by atoms with Crippen LogP contribution >= 0.6 is 0 Å². The van der Waals surface area contributed by atoms with E-state index < -0.39 is 29.7 Å². The van der Waals surface area contributed by atoms with Crippen LogP contribution in [-0.4, -0.2) is 44.9 Å². The Balaban J connectivity index is 2.14. The van der Waals surface area contributed by atoms with Gasteiger partial charge in [0.2, 0.25) is 5.78 Å². The molecule has 1 amide bonds. The van der Waals surface area contributed by atoms with E-state index in [-0.39, 0.29) is 11.3 Å². The number of carbonyl (C=O) groups is 3. The lowest BCUT2D eigenvalue weighted by molar-refractivity contribution is -0.138. The zero-order valence-electron chi connectivity index (χ0n) is 15.6. The smallest absolute Gasteiger partial charge is 0.322 e. The Bertz CT molecular complexity index is 754. The number of Topliss-reactive ketones (excluding diaryl/α,β-unsaturated/α-hetero) is 1. The van der Waals surface area contributed by atoms with Gasteiger partial charge < -0.3 is 20.4 Å². The van der Waals surface area contributed by atoms with E-state index in [9.17, 15) is 19.5 Å². The van der Waals surface area contributed by atoms with Gasteiger partial charge in [-0.05, 0) is 50.3 Å². The maximum Gasteiger partial charge on any atom is 0.322 e. The van der Waals surface area contributed by atoms with E-state index in [1.807, 2.05) is 6.92 Å². The Morgan fingerprint density at radius 2 is 1.93 bits per heavy atom. The number of nitrogens with zero attached hydrogens (tertiary/aromatic N) is 1. The molecule has 1 aliphatic heterocycles. The molecule has 1 heterocycles. The molecule has 0 radical (unpaired) electrons. The molecule has 0 aromatic heterocycles. The fraction of sp³-hybridized carbons (Fsp3) is 0.550. The molecule has 3 rings (SSSR count). The summed E-state index contributed by atoms with van der Waals surface area (Å²) >= 11 is 0. The fourth-order valence-corrected chi connectivity index (χ4v) is 4.31. The first-order chi connectivity index (χ1) is 12.8. The fourth-order valence-electron chi connectivity index (χ4n) is 4.31. The predicted molar refractivity (Wildman–Crippen MR) is 98.6 cm³/mol. The van der Waals surface area contributed by atoms with Crippen LogP contribution in [0.4, 0.5) is 0 Å². The zero-order valence-corrected chi connectivity index (χ0v) is 15.6. The van der Waals surface area contributed by atoms with Gasteiger partial charge in [-0.25, -0.2) is 0 Å². The van der Waals surface area contributed by atoms with Gasteiger partial charge in [0.1, 0.15) is 23.4 Å². The minimum absolute atomic E-state index is 0.262. The van der Waals surface area contributed by atoms with Crippen LogP contribution in [0.25, 0.3) is 0 Å². The van der Waals surface area contributed by atoms with E-state index in [4.69, 9.17) is 5.11 Å². The molecule has 0 aromatic rings. The molecule has 0 bridgehead atoms. The van der Waals surface area contributed by atoms with Crippen LogP contribution in [0.5, 0.6) is 0 Å². The Morgan fingerprint density at radius 1 is 1.30 bits per heavy atom. The Kier molecular flexibility index (Phi) is 5.13. The summed E-state index contributed by atoms with van der Waals surface area (Å²) in [6.45, 7) is 5.16. The Labute approximate surface area is 158 Å². The van der Waals surface area contributed by atoms with Crippen LogP contribution in [-0.2, 0) is 14.4 Å². The van der Waals surface area contributed by atoms with E-state index in [0.29, 0.717) is 24.5 Å². The number of hydrogen-bond donors (Lipinski definition) is 3. The molecule has 2 saturated carbocycles. The lowest BCUT2D eigenvalue weighted by atomic mass is 9.73. The first kappa shape index (κ1) is 19.2. The van der Waals surface area contributed by atoms with Gasteiger partial charge in [0.25, 0.3) is 5.91 Å². The van der Waals surface area contributed by atoms with Crippen LogP contribution in [0.3, 0.4) is 0 Å². The van der Waals surface area contributed by atoms with Gasteiger partial charge in [-0.2, -0.15) is 0 Å². The van der Waals surface area contributed by atoms with Crippen molar-refractivity contribution in [1.82, 2.24) is 10.2 Å². The summed E-state index contributed by atoms with van der Waals surface area (Å²) in [6.07, 6.45) is 7.53. The lowest BCUT2D eigenvalue weighted by Crippen LogP contribution is -2.55. The van der Waals surface area contributed by atoms with Crippen molar-refractivity contribution in [3.05, 3.63) is 35.4 Å². The van der Waals surface area contributed by atoms with E-state index >= 15 is 0 Å². The van der Waals surface area contributed by atoms with Crippen LogP contribution in [0.2, 0.25) is 0 Å². The van der Waals surface area contributed by atoms with Crippen molar-refractivity contribution in [2.75, 3.05) is 6.54 Å². The highest BCUT2D eigenvalue weighted by atomic mass is 16.4. The van der Waals surface area contributed by atoms with Gasteiger partial charge in [0.15, 0.2) is 0 Å². The molecule has 27 heavy (non-hydrogen) atoms. The first-order valence-electron chi connectivity index (χ1n) is 9.44. The average molecular weight is 374 g/mol. The highest BCUT2D eigenvalue weighted by Gasteiger charge is 2.52. The van der Waals surface area contributed by atoms with Crippen molar-refractivity contribution in [3.63, 3.8) is 0 Å². The van der Waals surface area contributed by atoms with Gasteiger partial charge in [0.05, 0.1) is 5.70 Å². The monoisotopic (exact) mass is 374 g/mol. The number of aliphatic hydroxyl groups excluding tert-OH is 1. The number of hydrogen-bond acceptors (Lipinski definition) is 5. The first-order valence-corrected chi connectivity index (χ1v) is 9.44. The van der Waals surface area contributed by atoms with E-state index in [2.05, 4.69) is 11.9 Å². The van der Waals surface area contributed by atoms with Crippen molar-refractivity contribution in [3.8, 4) is 0 Å². The zero-order chi connectivity index (χ0) is 19.8.